The lowest BCUT2D eigenvalue weighted by atomic mass is 9.82. The summed E-state index contributed by atoms with van der Waals surface area (Å²) in [6, 6.07) is 21.8. The summed E-state index contributed by atoms with van der Waals surface area (Å²) in [5.41, 5.74) is 1.10. The van der Waals surface area contributed by atoms with Crippen LogP contribution in [0.25, 0.3) is 0 Å². The molecule has 0 radical (unpaired) electrons. The van der Waals surface area contributed by atoms with Crippen molar-refractivity contribution in [3.05, 3.63) is 89.5 Å². The van der Waals surface area contributed by atoms with Crippen molar-refractivity contribution in [3.63, 3.8) is 0 Å². The molecule has 13 heteroatoms. The summed E-state index contributed by atoms with van der Waals surface area (Å²) in [5, 5.41) is 9.80. The molecule has 1 N–H and O–H groups in total. The lowest BCUT2D eigenvalue weighted by molar-refractivity contribution is -0.154. The Hall–Kier alpha value is -4.59. The molecule has 3 aliphatic rings. The molecular weight excluding hydrogens is 674 g/mol. The zero-order valence-electron chi connectivity index (χ0n) is 29.5. The molecule has 51 heavy (non-hydrogen) atoms. The van der Waals surface area contributed by atoms with Gasteiger partial charge in [0, 0.05) is 42.7 Å². The summed E-state index contributed by atoms with van der Waals surface area (Å²) >= 11 is 0. The van der Waals surface area contributed by atoms with Crippen molar-refractivity contribution >= 4 is 43.5 Å². The minimum absolute atomic E-state index is 0.101. The number of hydrogen-bond donors (Lipinski definition) is 1. The van der Waals surface area contributed by atoms with Crippen LogP contribution < -0.4 is 14.5 Å². The zero-order chi connectivity index (χ0) is 36.7. The van der Waals surface area contributed by atoms with Crippen molar-refractivity contribution in [2.75, 3.05) is 30.1 Å². The molecule has 0 aliphatic carbocycles. The predicted molar refractivity (Wildman–Crippen MR) is 190 cm³/mol. The standard InChI is InChI=1S/C38H44FN3O8Si/c1-24-36(51(4,5)39)32(20-33(45)40(17-18-43)22-26-9-7-6-8-10-26)50-38(24)30-19-29(48-3)15-16-31(30)41(37(38)47)23-27-11-13-28(14-12-27)42-34(46)21-35(42)49-25(2)44/h6-16,19,24,32,35-36,43H,17-18,20-23H2,1-5H3/t24-,32+,35?,36-,38+/m1/s1. The largest absolute Gasteiger partial charge is 0.497 e. The summed E-state index contributed by atoms with van der Waals surface area (Å²) < 4.78 is 34.0. The number of benzene rings is 3. The molecule has 5 atom stereocenters. The maximum absolute atomic E-state index is 16.4. The molecule has 6 rings (SSSR count). The number of fused-ring (bicyclic) bond motifs is 2. The number of amides is 3. The Morgan fingerprint density at radius 3 is 2.37 bits per heavy atom. The lowest BCUT2D eigenvalue weighted by Gasteiger charge is -2.39. The van der Waals surface area contributed by atoms with E-state index in [9.17, 15) is 24.3 Å². The maximum atomic E-state index is 16.4. The number of rotatable bonds is 12. The minimum Gasteiger partial charge on any atom is -0.497 e. The highest BCUT2D eigenvalue weighted by molar-refractivity contribution is 6.72. The van der Waals surface area contributed by atoms with Gasteiger partial charge in [-0.25, -0.2) is 0 Å². The van der Waals surface area contributed by atoms with E-state index in [1.54, 1.807) is 65.4 Å². The van der Waals surface area contributed by atoms with Crippen molar-refractivity contribution in [3.8, 4) is 5.75 Å². The van der Waals surface area contributed by atoms with Crippen LogP contribution >= 0.6 is 0 Å². The number of nitrogens with zero attached hydrogens (tertiary/aromatic N) is 3. The van der Waals surface area contributed by atoms with Crippen LogP contribution in [0.3, 0.4) is 0 Å². The third-order valence-corrected chi connectivity index (χ3v) is 12.7. The molecule has 0 aromatic heterocycles. The monoisotopic (exact) mass is 717 g/mol. The van der Waals surface area contributed by atoms with E-state index >= 15 is 4.11 Å². The molecule has 0 bridgehead atoms. The first kappa shape index (κ1) is 36.2. The van der Waals surface area contributed by atoms with E-state index in [-0.39, 0.29) is 56.8 Å². The van der Waals surface area contributed by atoms with Crippen molar-refractivity contribution in [2.24, 2.45) is 5.92 Å². The first-order valence-electron chi connectivity index (χ1n) is 17.2. The summed E-state index contributed by atoms with van der Waals surface area (Å²) in [6.07, 6.45) is -1.59. The molecule has 3 heterocycles. The Bertz CT molecular complexity index is 1800. The Balaban J connectivity index is 1.30. The second kappa shape index (κ2) is 14.2. The van der Waals surface area contributed by atoms with Gasteiger partial charge in [0.05, 0.1) is 44.9 Å². The van der Waals surface area contributed by atoms with Crippen molar-refractivity contribution in [1.82, 2.24) is 4.90 Å². The van der Waals surface area contributed by atoms with Crippen LogP contribution in [-0.4, -0.2) is 74.7 Å². The van der Waals surface area contributed by atoms with E-state index in [1.807, 2.05) is 37.3 Å². The molecule has 3 amide bonds. The summed E-state index contributed by atoms with van der Waals surface area (Å²) in [5.74, 6) is -1.41. The molecule has 0 saturated carbocycles. The number of hydrogen-bond acceptors (Lipinski definition) is 8. The normalized spacial score (nSPS) is 24.1. The van der Waals surface area contributed by atoms with Crippen LogP contribution in [0, 0.1) is 5.92 Å². The van der Waals surface area contributed by atoms with Gasteiger partial charge in [-0.1, -0.05) is 49.4 Å². The fraction of sp³-hybridized carbons (Fsp3) is 0.421. The number of β-lactam (4-membered cyclic amide) rings is 1. The zero-order valence-corrected chi connectivity index (χ0v) is 30.5. The Morgan fingerprint density at radius 2 is 1.76 bits per heavy atom. The van der Waals surface area contributed by atoms with Crippen LogP contribution in [0.1, 0.15) is 43.4 Å². The van der Waals surface area contributed by atoms with E-state index in [4.69, 9.17) is 14.2 Å². The second-order valence-corrected chi connectivity index (χ2v) is 17.8. The smallest absolute Gasteiger partial charge is 0.304 e. The number of methoxy groups -OCH3 is 1. The third-order valence-electron chi connectivity index (χ3n) is 10.2. The van der Waals surface area contributed by atoms with E-state index < -0.39 is 43.8 Å². The Morgan fingerprint density at radius 1 is 1.06 bits per heavy atom. The average Bonchev–Trinajstić information content (AvgIpc) is 3.51. The third kappa shape index (κ3) is 6.77. The van der Waals surface area contributed by atoms with Gasteiger partial charge in [-0.3, -0.25) is 24.1 Å². The van der Waals surface area contributed by atoms with Gasteiger partial charge in [0.1, 0.15) is 5.75 Å². The number of anilines is 2. The molecular formula is C38H44FN3O8Si. The van der Waals surface area contributed by atoms with Crippen LogP contribution in [0.4, 0.5) is 15.5 Å². The highest BCUT2D eigenvalue weighted by Gasteiger charge is 2.67. The molecule has 3 aliphatic heterocycles. The first-order chi connectivity index (χ1) is 24.3. The number of aliphatic hydroxyl groups is 1. The molecule has 2 fully saturated rings. The molecule has 270 valence electrons. The number of aliphatic hydroxyl groups excluding tert-OH is 1. The number of ether oxygens (including phenoxy) is 3. The van der Waals surface area contributed by atoms with E-state index in [0.717, 1.165) is 11.1 Å². The average molecular weight is 718 g/mol. The van der Waals surface area contributed by atoms with E-state index in [2.05, 4.69) is 0 Å². The van der Waals surface area contributed by atoms with Gasteiger partial charge >= 0.3 is 5.97 Å². The number of esters is 1. The molecule has 1 unspecified atom stereocenters. The van der Waals surface area contributed by atoms with Gasteiger partial charge in [-0.05, 0) is 54.6 Å². The summed E-state index contributed by atoms with van der Waals surface area (Å²) in [4.78, 5) is 57.1. The number of halogens is 1. The minimum atomic E-state index is -3.55. The summed E-state index contributed by atoms with van der Waals surface area (Å²) in [7, 11) is -2.02. The van der Waals surface area contributed by atoms with Crippen LogP contribution in [0.5, 0.6) is 5.75 Å². The van der Waals surface area contributed by atoms with E-state index in [1.165, 1.54) is 18.9 Å². The predicted octanol–water partition coefficient (Wildman–Crippen LogP) is 5.05. The van der Waals surface area contributed by atoms with Gasteiger partial charge in [-0.15, -0.1) is 0 Å². The quantitative estimate of drug-likeness (QED) is 0.119. The fourth-order valence-corrected chi connectivity index (χ4v) is 10.4. The first-order valence-corrected chi connectivity index (χ1v) is 20.1. The second-order valence-electron chi connectivity index (χ2n) is 14.0. The fourth-order valence-electron chi connectivity index (χ4n) is 7.96. The highest BCUT2D eigenvalue weighted by Crippen LogP contribution is 2.60. The number of carbonyl (C=O) groups is 4. The van der Waals surface area contributed by atoms with Gasteiger partial charge in [-0.2, -0.15) is 0 Å². The van der Waals surface area contributed by atoms with Crippen molar-refractivity contribution in [2.45, 2.75) is 76.3 Å². The lowest BCUT2D eigenvalue weighted by Crippen LogP contribution is -2.54. The Labute approximate surface area is 298 Å². The number of carbonyl (C=O) groups excluding carboxylic acids is 4. The van der Waals surface area contributed by atoms with Gasteiger partial charge < -0.3 is 33.2 Å². The molecule has 11 nitrogen and oxygen atoms in total. The molecule has 3 aromatic carbocycles. The van der Waals surface area contributed by atoms with Crippen LogP contribution in [-0.2, 0) is 47.3 Å². The molecule has 1 spiro atoms. The van der Waals surface area contributed by atoms with Gasteiger partial charge in [0.2, 0.25) is 20.2 Å². The van der Waals surface area contributed by atoms with Crippen molar-refractivity contribution < 1.29 is 42.6 Å². The van der Waals surface area contributed by atoms with Crippen molar-refractivity contribution in [1.29, 1.82) is 0 Å². The topological polar surface area (TPSA) is 126 Å². The van der Waals surface area contributed by atoms with Crippen LogP contribution in [0.2, 0.25) is 18.6 Å². The SMILES string of the molecule is COc1ccc2c(c1)[C@]1(O[C@@H](CC(=O)N(CCO)Cc3ccccc3)[C@H]([Si](C)(C)F)[C@H]1C)C(=O)N2Cc1ccc(N2C(=O)CC2OC(C)=O)cc1. The van der Waals surface area contributed by atoms with E-state index in [0.29, 0.717) is 22.7 Å². The summed E-state index contributed by atoms with van der Waals surface area (Å²) in [6.45, 7) is 6.60. The van der Waals surface area contributed by atoms with Gasteiger partial charge in [0.15, 0.2) is 11.8 Å². The highest BCUT2D eigenvalue weighted by atomic mass is 28.4. The molecule has 2 saturated heterocycles. The molecule has 3 aromatic rings. The van der Waals surface area contributed by atoms with Gasteiger partial charge in [0.25, 0.3) is 5.91 Å². The van der Waals surface area contributed by atoms with Crippen LogP contribution in [0.15, 0.2) is 72.8 Å². The maximum Gasteiger partial charge on any atom is 0.304 e. The Kier molecular flexibility index (Phi) is 10.1.